The smallest absolute Gasteiger partial charge is 0.287 e. The van der Waals surface area contributed by atoms with Crippen LogP contribution in [0, 0.1) is 17.2 Å². The number of benzene rings is 1. The van der Waals surface area contributed by atoms with Crippen LogP contribution in [0.15, 0.2) is 40.8 Å². The number of carbonyl (C=O) groups excluding carboxylic acids is 1. The Hall–Kier alpha value is -2.74. The molecule has 1 N–H and O–H groups in total. The van der Waals surface area contributed by atoms with Crippen molar-refractivity contribution in [2.75, 3.05) is 0 Å². The summed E-state index contributed by atoms with van der Waals surface area (Å²) in [4.78, 5) is 12.3. The average molecular weight is 354 g/mol. The first-order valence-corrected chi connectivity index (χ1v) is 9.01. The van der Waals surface area contributed by atoms with E-state index >= 15 is 0 Å². The van der Waals surface area contributed by atoms with Crippen LogP contribution in [0.3, 0.4) is 0 Å². The zero-order chi connectivity index (χ0) is 18.9. The average Bonchev–Trinajstić information content (AvgIpc) is 3.09. The van der Waals surface area contributed by atoms with Crippen LogP contribution >= 0.6 is 0 Å². The lowest BCUT2D eigenvalue weighted by molar-refractivity contribution is 0.0905. The SMILES string of the molecule is CC(C)CCCC(C)NC(=O)c1ccc(COc2ccccc2C#N)o1. The molecule has 5 nitrogen and oxygen atoms in total. The van der Waals surface area contributed by atoms with Crippen molar-refractivity contribution < 1.29 is 13.9 Å². The molecule has 5 heteroatoms. The van der Waals surface area contributed by atoms with Gasteiger partial charge in [-0.2, -0.15) is 5.26 Å². The molecule has 1 aromatic heterocycles. The van der Waals surface area contributed by atoms with Crippen LogP contribution in [0.1, 0.15) is 61.9 Å². The molecule has 1 heterocycles. The summed E-state index contributed by atoms with van der Waals surface area (Å²) in [7, 11) is 0. The van der Waals surface area contributed by atoms with Crippen molar-refractivity contribution >= 4 is 5.91 Å². The number of hydrogen-bond acceptors (Lipinski definition) is 4. The minimum atomic E-state index is -0.217. The molecule has 0 saturated carbocycles. The number of hydrogen-bond donors (Lipinski definition) is 1. The summed E-state index contributed by atoms with van der Waals surface area (Å²) in [6.07, 6.45) is 3.20. The third-order valence-corrected chi connectivity index (χ3v) is 4.06. The Labute approximate surface area is 155 Å². The van der Waals surface area contributed by atoms with Gasteiger partial charge in [-0.3, -0.25) is 4.79 Å². The second kappa shape index (κ2) is 9.67. The molecule has 1 unspecified atom stereocenters. The van der Waals surface area contributed by atoms with Crippen molar-refractivity contribution in [2.45, 2.75) is 52.7 Å². The quantitative estimate of drug-likeness (QED) is 0.710. The fourth-order valence-electron chi connectivity index (χ4n) is 2.61. The minimum Gasteiger partial charge on any atom is -0.484 e. The molecule has 0 aliphatic carbocycles. The van der Waals surface area contributed by atoms with Crippen molar-refractivity contribution in [3.05, 3.63) is 53.5 Å². The molecule has 1 amide bonds. The molecule has 0 aliphatic rings. The molecular weight excluding hydrogens is 328 g/mol. The molecule has 0 saturated heterocycles. The summed E-state index contributed by atoms with van der Waals surface area (Å²) in [5, 5.41) is 12.0. The largest absolute Gasteiger partial charge is 0.484 e. The van der Waals surface area contributed by atoms with Gasteiger partial charge in [-0.25, -0.2) is 0 Å². The van der Waals surface area contributed by atoms with E-state index in [4.69, 9.17) is 14.4 Å². The number of para-hydroxylation sites is 1. The van der Waals surface area contributed by atoms with Gasteiger partial charge in [-0.05, 0) is 43.5 Å². The van der Waals surface area contributed by atoms with Crippen LogP contribution in [-0.4, -0.2) is 11.9 Å². The zero-order valence-corrected chi connectivity index (χ0v) is 15.6. The second-order valence-corrected chi connectivity index (χ2v) is 6.86. The Morgan fingerprint density at radius 2 is 1.96 bits per heavy atom. The monoisotopic (exact) mass is 354 g/mol. The van der Waals surface area contributed by atoms with E-state index in [2.05, 4.69) is 25.2 Å². The first-order valence-electron chi connectivity index (χ1n) is 9.01. The third-order valence-electron chi connectivity index (χ3n) is 4.06. The van der Waals surface area contributed by atoms with Gasteiger partial charge in [0.1, 0.15) is 24.2 Å². The molecule has 0 aliphatic heterocycles. The standard InChI is InChI=1S/C21H26N2O3/c1-15(2)7-6-8-16(3)23-21(24)20-12-11-18(26-20)14-25-19-10-5-4-9-17(19)13-22/h4-5,9-12,15-16H,6-8,14H2,1-3H3,(H,23,24). The lowest BCUT2D eigenvalue weighted by Gasteiger charge is -2.13. The van der Waals surface area contributed by atoms with Crippen molar-refractivity contribution in [3.63, 3.8) is 0 Å². The Morgan fingerprint density at radius 3 is 2.69 bits per heavy atom. The van der Waals surface area contributed by atoms with Gasteiger partial charge in [-0.1, -0.05) is 38.8 Å². The van der Waals surface area contributed by atoms with E-state index in [1.54, 1.807) is 36.4 Å². The molecule has 1 aromatic carbocycles. The predicted octanol–water partition coefficient (Wildman–Crippen LogP) is 4.67. The van der Waals surface area contributed by atoms with Gasteiger partial charge < -0.3 is 14.5 Å². The molecule has 0 spiro atoms. The second-order valence-electron chi connectivity index (χ2n) is 6.86. The molecule has 1 atom stereocenters. The van der Waals surface area contributed by atoms with Gasteiger partial charge in [-0.15, -0.1) is 0 Å². The summed E-state index contributed by atoms with van der Waals surface area (Å²) >= 11 is 0. The lowest BCUT2D eigenvalue weighted by Crippen LogP contribution is -2.32. The topological polar surface area (TPSA) is 75.3 Å². The van der Waals surface area contributed by atoms with Crippen LogP contribution in [0.4, 0.5) is 0 Å². The van der Waals surface area contributed by atoms with E-state index < -0.39 is 0 Å². The molecule has 2 rings (SSSR count). The fourth-order valence-corrected chi connectivity index (χ4v) is 2.61. The van der Waals surface area contributed by atoms with Gasteiger partial charge in [0, 0.05) is 6.04 Å². The summed E-state index contributed by atoms with van der Waals surface area (Å²) in [6, 6.07) is 12.6. The summed E-state index contributed by atoms with van der Waals surface area (Å²) in [5.41, 5.74) is 0.465. The molecule has 0 radical (unpaired) electrons. The fraction of sp³-hybridized carbons (Fsp3) is 0.429. The summed E-state index contributed by atoms with van der Waals surface area (Å²) in [5.74, 6) is 1.77. The summed E-state index contributed by atoms with van der Waals surface area (Å²) in [6.45, 7) is 6.56. The molecule has 2 aromatic rings. The van der Waals surface area contributed by atoms with Crippen LogP contribution in [0.5, 0.6) is 5.75 Å². The number of carbonyl (C=O) groups is 1. The number of nitrogens with zero attached hydrogens (tertiary/aromatic N) is 1. The van der Waals surface area contributed by atoms with Gasteiger partial charge in [0.2, 0.25) is 0 Å². The van der Waals surface area contributed by atoms with E-state index in [0.717, 1.165) is 19.3 Å². The van der Waals surface area contributed by atoms with Gasteiger partial charge in [0.05, 0.1) is 5.56 Å². The maximum atomic E-state index is 12.3. The van der Waals surface area contributed by atoms with Crippen LogP contribution in [-0.2, 0) is 6.61 Å². The van der Waals surface area contributed by atoms with Gasteiger partial charge >= 0.3 is 0 Å². The zero-order valence-electron chi connectivity index (χ0n) is 15.6. The van der Waals surface area contributed by atoms with Crippen LogP contribution in [0.25, 0.3) is 0 Å². The van der Waals surface area contributed by atoms with Gasteiger partial charge in [0.25, 0.3) is 5.91 Å². The van der Waals surface area contributed by atoms with Crippen molar-refractivity contribution in [1.29, 1.82) is 5.26 Å². The van der Waals surface area contributed by atoms with Crippen molar-refractivity contribution in [1.82, 2.24) is 5.32 Å². The van der Waals surface area contributed by atoms with Gasteiger partial charge in [0.15, 0.2) is 5.76 Å². The highest BCUT2D eigenvalue weighted by molar-refractivity contribution is 5.91. The number of ether oxygens (including phenoxy) is 1. The van der Waals surface area contributed by atoms with Crippen LogP contribution < -0.4 is 10.1 Å². The Kier molecular flexibility index (Phi) is 7.28. The lowest BCUT2D eigenvalue weighted by atomic mass is 10.0. The van der Waals surface area contributed by atoms with Crippen molar-refractivity contribution in [3.8, 4) is 11.8 Å². The Balaban J connectivity index is 1.85. The Bertz CT molecular complexity index is 759. The number of furan rings is 1. The highest BCUT2D eigenvalue weighted by Gasteiger charge is 2.14. The minimum absolute atomic E-state index is 0.105. The first kappa shape index (κ1) is 19.6. The van der Waals surface area contributed by atoms with E-state index in [0.29, 0.717) is 23.0 Å². The van der Waals surface area contributed by atoms with E-state index in [9.17, 15) is 4.79 Å². The summed E-state index contributed by atoms with van der Waals surface area (Å²) < 4.78 is 11.2. The molecular formula is C21H26N2O3. The van der Waals surface area contributed by atoms with Crippen molar-refractivity contribution in [2.24, 2.45) is 5.92 Å². The highest BCUT2D eigenvalue weighted by Crippen LogP contribution is 2.19. The number of amides is 1. The molecule has 138 valence electrons. The molecule has 0 fully saturated rings. The third kappa shape index (κ3) is 5.96. The maximum Gasteiger partial charge on any atom is 0.287 e. The molecule has 0 bridgehead atoms. The first-order chi connectivity index (χ1) is 12.5. The van der Waals surface area contributed by atoms with Crippen LogP contribution in [0.2, 0.25) is 0 Å². The van der Waals surface area contributed by atoms with E-state index in [-0.39, 0.29) is 24.3 Å². The molecule has 26 heavy (non-hydrogen) atoms. The maximum absolute atomic E-state index is 12.3. The normalized spacial score (nSPS) is 11.8. The highest BCUT2D eigenvalue weighted by atomic mass is 16.5. The van der Waals surface area contributed by atoms with E-state index in [1.807, 2.05) is 6.92 Å². The van der Waals surface area contributed by atoms with E-state index in [1.165, 1.54) is 0 Å². The Morgan fingerprint density at radius 1 is 1.19 bits per heavy atom. The number of rotatable bonds is 9. The predicted molar refractivity (Wildman–Crippen MR) is 99.8 cm³/mol. The number of nitriles is 1. The number of nitrogens with one attached hydrogen (secondary N) is 1.